The number of hydrogen-bond donors (Lipinski definition) is 0. The average Bonchev–Trinajstić information content (AvgIpc) is 2.89. The fourth-order valence-corrected chi connectivity index (χ4v) is 2.39. The summed E-state index contributed by atoms with van der Waals surface area (Å²) in [6, 6.07) is 9.30. The molecule has 1 aliphatic rings. The Morgan fingerprint density at radius 2 is 1.89 bits per heavy atom. The maximum Gasteiger partial charge on any atom is 0.130 e. The summed E-state index contributed by atoms with van der Waals surface area (Å²) < 4.78 is 0. The van der Waals surface area contributed by atoms with Crippen LogP contribution in [0, 0.1) is 22.7 Å². The minimum Gasteiger partial charge on any atom is -0.370 e. The van der Waals surface area contributed by atoms with Crippen LogP contribution in [-0.2, 0) is 0 Å². The molecule has 3 nitrogen and oxygen atoms in total. The van der Waals surface area contributed by atoms with Gasteiger partial charge >= 0.3 is 0 Å². The first kappa shape index (κ1) is 12.5. The van der Waals surface area contributed by atoms with E-state index in [1.807, 2.05) is 24.3 Å². The summed E-state index contributed by atoms with van der Waals surface area (Å²) in [6.07, 6.45) is 3.94. The SMILES string of the molecule is N#CC(C#N)=Cc1ccc(N2CCCC2)c(Cl)c1. The molecule has 90 valence electrons. The highest BCUT2D eigenvalue weighted by Crippen LogP contribution is 2.30. The summed E-state index contributed by atoms with van der Waals surface area (Å²) >= 11 is 6.24. The van der Waals surface area contributed by atoms with Crippen molar-refractivity contribution in [2.24, 2.45) is 0 Å². The van der Waals surface area contributed by atoms with E-state index < -0.39 is 0 Å². The Bertz CT molecular complexity index is 541. The van der Waals surface area contributed by atoms with E-state index in [0.717, 1.165) is 24.3 Å². The zero-order valence-corrected chi connectivity index (χ0v) is 10.6. The van der Waals surface area contributed by atoms with Gasteiger partial charge in [-0.3, -0.25) is 0 Å². The largest absolute Gasteiger partial charge is 0.370 e. The summed E-state index contributed by atoms with van der Waals surface area (Å²) in [7, 11) is 0. The highest BCUT2D eigenvalue weighted by Gasteiger charge is 2.14. The van der Waals surface area contributed by atoms with Crippen molar-refractivity contribution in [3.05, 3.63) is 34.4 Å². The zero-order valence-electron chi connectivity index (χ0n) is 9.86. The monoisotopic (exact) mass is 257 g/mol. The molecule has 0 saturated carbocycles. The number of anilines is 1. The molecule has 0 aromatic heterocycles. The van der Waals surface area contributed by atoms with Gasteiger partial charge < -0.3 is 4.90 Å². The van der Waals surface area contributed by atoms with Gasteiger partial charge in [-0.05, 0) is 36.6 Å². The van der Waals surface area contributed by atoms with E-state index in [1.165, 1.54) is 12.8 Å². The minimum absolute atomic E-state index is 0.0833. The van der Waals surface area contributed by atoms with Crippen LogP contribution in [0.4, 0.5) is 5.69 Å². The fourth-order valence-electron chi connectivity index (χ4n) is 2.08. The van der Waals surface area contributed by atoms with E-state index in [-0.39, 0.29) is 5.57 Å². The van der Waals surface area contributed by atoms with Crippen molar-refractivity contribution < 1.29 is 0 Å². The predicted molar refractivity (Wildman–Crippen MR) is 72.1 cm³/mol. The molecule has 0 bridgehead atoms. The predicted octanol–water partition coefficient (Wildman–Crippen LogP) is 3.37. The highest BCUT2D eigenvalue weighted by atomic mass is 35.5. The van der Waals surface area contributed by atoms with Crippen LogP contribution in [0.1, 0.15) is 18.4 Å². The van der Waals surface area contributed by atoms with E-state index >= 15 is 0 Å². The van der Waals surface area contributed by atoms with Crippen LogP contribution in [0.3, 0.4) is 0 Å². The molecule has 0 N–H and O–H groups in total. The molecule has 0 spiro atoms. The summed E-state index contributed by atoms with van der Waals surface area (Å²) in [5, 5.41) is 18.1. The molecule has 1 saturated heterocycles. The Hall–Kier alpha value is -1.97. The third-order valence-electron chi connectivity index (χ3n) is 2.97. The van der Waals surface area contributed by atoms with E-state index in [1.54, 1.807) is 12.1 Å². The number of halogens is 1. The third-order valence-corrected chi connectivity index (χ3v) is 3.27. The molecule has 1 fully saturated rings. The average molecular weight is 258 g/mol. The molecule has 2 rings (SSSR count). The summed E-state index contributed by atoms with van der Waals surface area (Å²) in [5.74, 6) is 0. The molecule has 4 heteroatoms. The van der Waals surface area contributed by atoms with Crippen LogP contribution < -0.4 is 4.90 Å². The minimum atomic E-state index is 0.0833. The Morgan fingerprint density at radius 1 is 1.22 bits per heavy atom. The van der Waals surface area contributed by atoms with Gasteiger partial charge in [0.1, 0.15) is 17.7 Å². The van der Waals surface area contributed by atoms with Crippen molar-refractivity contribution in [2.75, 3.05) is 18.0 Å². The lowest BCUT2D eigenvalue weighted by Crippen LogP contribution is -2.17. The number of allylic oxidation sites excluding steroid dienone is 1. The van der Waals surface area contributed by atoms with E-state index in [0.29, 0.717) is 5.02 Å². The number of rotatable bonds is 2. The molecule has 18 heavy (non-hydrogen) atoms. The van der Waals surface area contributed by atoms with Crippen molar-refractivity contribution >= 4 is 23.4 Å². The van der Waals surface area contributed by atoms with Gasteiger partial charge in [0, 0.05) is 13.1 Å². The van der Waals surface area contributed by atoms with Crippen molar-refractivity contribution in [3.63, 3.8) is 0 Å². The molecule has 1 aromatic rings. The van der Waals surface area contributed by atoms with Crippen LogP contribution >= 0.6 is 11.6 Å². The van der Waals surface area contributed by atoms with Crippen molar-refractivity contribution in [1.82, 2.24) is 0 Å². The molecule has 0 radical (unpaired) electrons. The van der Waals surface area contributed by atoms with Gasteiger partial charge in [0.2, 0.25) is 0 Å². The van der Waals surface area contributed by atoms with Crippen LogP contribution in [-0.4, -0.2) is 13.1 Å². The number of benzene rings is 1. The van der Waals surface area contributed by atoms with Gasteiger partial charge in [0.25, 0.3) is 0 Å². The molecule has 0 unspecified atom stereocenters. The maximum absolute atomic E-state index is 8.70. The first-order chi connectivity index (χ1) is 8.74. The standard InChI is InChI=1S/C14H12ClN3/c15-13-8-11(7-12(9-16)10-17)3-4-14(13)18-5-1-2-6-18/h3-4,7-8H,1-2,5-6H2. The van der Waals surface area contributed by atoms with Crippen molar-refractivity contribution in [2.45, 2.75) is 12.8 Å². The van der Waals surface area contributed by atoms with Gasteiger partial charge in [0.05, 0.1) is 10.7 Å². The Morgan fingerprint density at radius 3 is 2.44 bits per heavy atom. The Kier molecular flexibility index (Phi) is 3.87. The van der Waals surface area contributed by atoms with Crippen LogP contribution in [0.15, 0.2) is 23.8 Å². The molecule has 0 amide bonds. The van der Waals surface area contributed by atoms with E-state index in [4.69, 9.17) is 22.1 Å². The summed E-state index contributed by atoms with van der Waals surface area (Å²) in [5.41, 5.74) is 1.89. The topological polar surface area (TPSA) is 50.8 Å². The van der Waals surface area contributed by atoms with Gasteiger partial charge in [-0.25, -0.2) is 0 Å². The lowest BCUT2D eigenvalue weighted by Gasteiger charge is -2.19. The molecule has 0 atom stereocenters. The second kappa shape index (κ2) is 5.58. The third kappa shape index (κ3) is 2.64. The van der Waals surface area contributed by atoms with Gasteiger partial charge in [-0.1, -0.05) is 17.7 Å². The van der Waals surface area contributed by atoms with Gasteiger partial charge in [-0.2, -0.15) is 10.5 Å². The number of nitriles is 2. The zero-order chi connectivity index (χ0) is 13.0. The lowest BCUT2D eigenvalue weighted by molar-refractivity contribution is 0.949. The molecular formula is C14H12ClN3. The first-order valence-corrected chi connectivity index (χ1v) is 6.19. The van der Waals surface area contributed by atoms with E-state index in [9.17, 15) is 0 Å². The second-order valence-electron chi connectivity index (χ2n) is 4.19. The quantitative estimate of drug-likeness (QED) is 0.764. The molecule has 1 aliphatic heterocycles. The molecular weight excluding hydrogens is 246 g/mol. The summed E-state index contributed by atoms with van der Waals surface area (Å²) in [6.45, 7) is 2.08. The van der Waals surface area contributed by atoms with Crippen LogP contribution in [0.5, 0.6) is 0 Å². The van der Waals surface area contributed by atoms with Gasteiger partial charge in [0.15, 0.2) is 0 Å². The number of hydrogen-bond acceptors (Lipinski definition) is 3. The Labute approximate surface area is 112 Å². The highest BCUT2D eigenvalue weighted by molar-refractivity contribution is 6.33. The molecule has 0 aliphatic carbocycles. The smallest absolute Gasteiger partial charge is 0.130 e. The normalized spacial score (nSPS) is 13.8. The Balaban J connectivity index is 2.28. The lowest BCUT2D eigenvalue weighted by atomic mass is 10.1. The van der Waals surface area contributed by atoms with Gasteiger partial charge in [-0.15, -0.1) is 0 Å². The molecule has 1 heterocycles. The maximum atomic E-state index is 8.70. The van der Waals surface area contributed by atoms with Crippen LogP contribution in [0.25, 0.3) is 6.08 Å². The summed E-state index contributed by atoms with van der Waals surface area (Å²) in [4.78, 5) is 2.26. The van der Waals surface area contributed by atoms with Crippen molar-refractivity contribution in [1.29, 1.82) is 10.5 Å². The fraction of sp³-hybridized carbons (Fsp3) is 0.286. The van der Waals surface area contributed by atoms with Crippen molar-refractivity contribution in [3.8, 4) is 12.1 Å². The second-order valence-corrected chi connectivity index (χ2v) is 4.59. The molecule has 1 aromatic carbocycles. The first-order valence-electron chi connectivity index (χ1n) is 5.81. The van der Waals surface area contributed by atoms with E-state index in [2.05, 4.69) is 4.90 Å². The number of nitrogens with zero attached hydrogens (tertiary/aromatic N) is 3. The van der Waals surface area contributed by atoms with Crippen LogP contribution in [0.2, 0.25) is 5.02 Å².